The van der Waals surface area contributed by atoms with Gasteiger partial charge in [-0.3, -0.25) is 0 Å². The summed E-state index contributed by atoms with van der Waals surface area (Å²) in [5.74, 6) is 0. The fourth-order valence-electron chi connectivity index (χ4n) is 2.15. The SMILES string of the molecule is Cc1ccc(S(=O)(=O)N2C[C@@H](N=[N+]=[N-])[C@H](N=[N+]=[N-])C2)cc1. The molecule has 2 rings (SSSR count). The summed E-state index contributed by atoms with van der Waals surface area (Å²) in [6.45, 7) is 1.87. The monoisotopic (exact) mass is 307 g/mol. The van der Waals surface area contributed by atoms with E-state index < -0.39 is 22.1 Å². The van der Waals surface area contributed by atoms with Gasteiger partial charge in [0.05, 0.1) is 17.0 Å². The van der Waals surface area contributed by atoms with Crippen molar-refractivity contribution in [2.45, 2.75) is 23.9 Å². The lowest BCUT2D eigenvalue weighted by atomic mass is 10.2. The Bertz CT molecular complexity index is 691. The number of aryl methyl sites for hydroxylation is 1. The van der Waals surface area contributed by atoms with Crippen LogP contribution in [0.2, 0.25) is 0 Å². The third-order valence-electron chi connectivity index (χ3n) is 3.28. The minimum absolute atomic E-state index is 0.00393. The lowest BCUT2D eigenvalue weighted by Gasteiger charge is -2.16. The van der Waals surface area contributed by atoms with E-state index in [4.69, 9.17) is 11.1 Å². The van der Waals surface area contributed by atoms with Crippen molar-refractivity contribution in [3.05, 3.63) is 50.7 Å². The smallest absolute Gasteiger partial charge is 0.207 e. The van der Waals surface area contributed by atoms with E-state index in [1.165, 1.54) is 16.4 Å². The first kappa shape index (κ1) is 15.1. The van der Waals surface area contributed by atoms with Gasteiger partial charge in [-0.15, -0.1) is 0 Å². The number of rotatable bonds is 4. The molecule has 1 aromatic carbocycles. The van der Waals surface area contributed by atoms with Gasteiger partial charge in [-0.05, 0) is 30.1 Å². The molecule has 1 fully saturated rings. The van der Waals surface area contributed by atoms with Crippen LogP contribution in [0.3, 0.4) is 0 Å². The average Bonchev–Trinajstić information content (AvgIpc) is 2.84. The van der Waals surface area contributed by atoms with Gasteiger partial charge < -0.3 is 0 Å². The maximum absolute atomic E-state index is 12.5. The largest absolute Gasteiger partial charge is 0.243 e. The molecule has 0 amide bonds. The van der Waals surface area contributed by atoms with Gasteiger partial charge in [-0.25, -0.2) is 8.42 Å². The number of benzene rings is 1. The van der Waals surface area contributed by atoms with Crippen molar-refractivity contribution in [3.8, 4) is 0 Å². The molecule has 1 saturated heterocycles. The summed E-state index contributed by atoms with van der Waals surface area (Å²) < 4.78 is 26.2. The van der Waals surface area contributed by atoms with Gasteiger partial charge in [-0.1, -0.05) is 27.9 Å². The molecule has 0 saturated carbocycles. The van der Waals surface area contributed by atoms with Crippen LogP contribution in [0.25, 0.3) is 20.9 Å². The molecule has 21 heavy (non-hydrogen) atoms. The van der Waals surface area contributed by atoms with Crippen LogP contribution >= 0.6 is 0 Å². The highest BCUT2D eigenvalue weighted by Crippen LogP contribution is 2.25. The molecular formula is C11H13N7O2S. The Morgan fingerprint density at radius 1 is 1.10 bits per heavy atom. The molecule has 1 aliphatic rings. The van der Waals surface area contributed by atoms with Crippen molar-refractivity contribution in [1.29, 1.82) is 0 Å². The normalized spacial score (nSPS) is 22.3. The minimum Gasteiger partial charge on any atom is -0.207 e. The van der Waals surface area contributed by atoms with Crippen LogP contribution in [0.5, 0.6) is 0 Å². The topological polar surface area (TPSA) is 135 Å². The van der Waals surface area contributed by atoms with Gasteiger partial charge in [0, 0.05) is 22.9 Å². The van der Waals surface area contributed by atoms with Gasteiger partial charge in [0.25, 0.3) is 0 Å². The van der Waals surface area contributed by atoms with Crippen molar-refractivity contribution in [3.63, 3.8) is 0 Å². The van der Waals surface area contributed by atoms with Crippen LogP contribution in [-0.2, 0) is 10.0 Å². The molecule has 2 atom stereocenters. The summed E-state index contributed by atoms with van der Waals surface area (Å²) >= 11 is 0. The summed E-state index contributed by atoms with van der Waals surface area (Å²) in [6.07, 6.45) is 0. The molecule has 0 N–H and O–H groups in total. The zero-order chi connectivity index (χ0) is 15.5. The van der Waals surface area contributed by atoms with E-state index in [2.05, 4.69) is 20.1 Å². The third-order valence-corrected chi connectivity index (χ3v) is 5.13. The van der Waals surface area contributed by atoms with Crippen LogP contribution in [0.1, 0.15) is 5.56 Å². The molecule has 0 spiro atoms. The first-order valence-electron chi connectivity index (χ1n) is 6.14. The van der Waals surface area contributed by atoms with Crippen LogP contribution in [0.4, 0.5) is 0 Å². The number of hydrogen-bond acceptors (Lipinski definition) is 4. The Morgan fingerprint density at radius 3 is 2.00 bits per heavy atom. The number of hydrogen-bond donors (Lipinski definition) is 0. The molecule has 0 aliphatic carbocycles. The molecule has 110 valence electrons. The molecule has 1 aliphatic heterocycles. The van der Waals surface area contributed by atoms with E-state index in [0.717, 1.165) is 5.56 Å². The van der Waals surface area contributed by atoms with E-state index in [0.29, 0.717) is 0 Å². The van der Waals surface area contributed by atoms with Crippen molar-refractivity contribution in [2.75, 3.05) is 13.1 Å². The maximum atomic E-state index is 12.5. The lowest BCUT2D eigenvalue weighted by molar-refractivity contribution is 0.470. The molecule has 0 bridgehead atoms. The molecular weight excluding hydrogens is 294 g/mol. The first-order chi connectivity index (χ1) is 9.98. The lowest BCUT2D eigenvalue weighted by Crippen LogP contribution is -2.29. The van der Waals surface area contributed by atoms with E-state index in [1.54, 1.807) is 12.1 Å². The zero-order valence-electron chi connectivity index (χ0n) is 11.2. The molecule has 9 nitrogen and oxygen atoms in total. The second-order valence-corrected chi connectivity index (χ2v) is 6.62. The fraction of sp³-hybridized carbons (Fsp3) is 0.455. The Balaban J connectivity index is 2.31. The van der Waals surface area contributed by atoms with Gasteiger partial charge in [0.2, 0.25) is 10.0 Å². The first-order valence-corrected chi connectivity index (χ1v) is 7.58. The Labute approximate surface area is 121 Å². The summed E-state index contributed by atoms with van der Waals surface area (Å²) in [5.41, 5.74) is 18.0. The number of nitrogens with zero attached hydrogens (tertiary/aromatic N) is 7. The standard InChI is InChI=1S/C11H13N7O2S/c1-8-2-4-9(5-3-8)21(19,20)18-6-10(14-16-12)11(7-18)15-17-13/h2-5,10-11H,6-7H2,1H3/t10-,11-/m1/s1. The molecule has 0 unspecified atom stereocenters. The summed E-state index contributed by atoms with van der Waals surface area (Å²) in [5, 5.41) is 7.01. The third kappa shape index (κ3) is 3.09. The summed E-state index contributed by atoms with van der Waals surface area (Å²) in [7, 11) is -3.69. The van der Waals surface area contributed by atoms with Gasteiger partial charge in [0.15, 0.2) is 0 Å². The summed E-state index contributed by atoms with van der Waals surface area (Å²) in [4.78, 5) is 5.50. The van der Waals surface area contributed by atoms with Gasteiger partial charge in [-0.2, -0.15) is 4.31 Å². The molecule has 1 heterocycles. The quantitative estimate of drug-likeness (QED) is 0.479. The highest BCUT2D eigenvalue weighted by molar-refractivity contribution is 7.89. The van der Waals surface area contributed by atoms with Crippen LogP contribution in [-0.4, -0.2) is 37.9 Å². The fourth-order valence-corrected chi connectivity index (χ4v) is 3.63. The second kappa shape index (κ2) is 6.02. The maximum Gasteiger partial charge on any atom is 0.243 e. The molecule has 10 heteroatoms. The van der Waals surface area contributed by atoms with Crippen molar-refractivity contribution >= 4 is 10.0 Å². The van der Waals surface area contributed by atoms with Crippen LogP contribution in [0.15, 0.2) is 39.4 Å². The molecule has 0 radical (unpaired) electrons. The van der Waals surface area contributed by atoms with Crippen molar-refractivity contribution in [1.82, 2.24) is 4.31 Å². The average molecular weight is 307 g/mol. The van der Waals surface area contributed by atoms with Gasteiger partial charge in [0.1, 0.15) is 0 Å². The zero-order valence-corrected chi connectivity index (χ0v) is 12.1. The second-order valence-electron chi connectivity index (χ2n) is 4.68. The van der Waals surface area contributed by atoms with E-state index >= 15 is 0 Å². The van der Waals surface area contributed by atoms with Gasteiger partial charge >= 0.3 is 0 Å². The van der Waals surface area contributed by atoms with Crippen molar-refractivity contribution < 1.29 is 8.42 Å². The predicted molar refractivity (Wildman–Crippen MR) is 75.8 cm³/mol. The summed E-state index contributed by atoms with van der Waals surface area (Å²) in [6, 6.07) is 5.08. The highest BCUT2D eigenvalue weighted by Gasteiger charge is 2.38. The highest BCUT2D eigenvalue weighted by atomic mass is 32.2. The van der Waals surface area contributed by atoms with E-state index in [9.17, 15) is 8.42 Å². The van der Waals surface area contributed by atoms with E-state index in [-0.39, 0.29) is 18.0 Å². The Hall–Kier alpha value is -2.25. The number of azide groups is 2. The Morgan fingerprint density at radius 2 is 1.57 bits per heavy atom. The van der Waals surface area contributed by atoms with E-state index in [1.807, 2.05) is 6.92 Å². The molecule has 1 aromatic rings. The molecule has 0 aromatic heterocycles. The van der Waals surface area contributed by atoms with Crippen molar-refractivity contribution in [2.24, 2.45) is 10.2 Å². The number of sulfonamides is 1. The van der Waals surface area contributed by atoms with Crippen LogP contribution in [0, 0.1) is 6.92 Å². The van der Waals surface area contributed by atoms with Crippen LogP contribution < -0.4 is 0 Å². The predicted octanol–water partition coefficient (Wildman–Crippen LogP) is 2.36. The Kier molecular flexibility index (Phi) is 4.35. The minimum atomic E-state index is -3.69.